The van der Waals surface area contributed by atoms with Gasteiger partial charge in [-0.15, -0.1) is 0 Å². The number of fused-ring (bicyclic) bond motifs is 1. The molecule has 92 valence electrons. The Morgan fingerprint density at radius 2 is 1.94 bits per heavy atom. The van der Waals surface area contributed by atoms with Gasteiger partial charge in [-0.2, -0.15) is 5.26 Å². The molecule has 0 bridgehead atoms. The molecule has 2 rings (SSSR count). The maximum atomic E-state index is 9.25. The summed E-state index contributed by atoms with van der Waals surface area (Å²) >= 11 is 0. The molecule has 0 saturated heterocycles. The molecule has 2 aromatic carbocycles. The molecule has 0 aliphatic heterocycles. The van der Waals surface area contributed by atoms with E-state index in [1.165, 1.54) is 0 Å². The van der Waals surface area contributed by atoms with Crippen molar-refractivity contribution in [2.24, 2.45) is 0 Å². The number of benzene rings is 2. The molecule has 2 aromatic rings. The minimum atomic E-state index is -0.286. The van der Waals surface area contributed by atoms with Crippen LogP contribution in [0.25, 0.3) is 10.8 Å². The molecule has 1 unspecified atom stereocenters. The van der Waals surface area contributed by atoms with Crippen LogP contribution in [-0.4, -0.2) is 13.7 Å². The summed E-state index contributed by atoms with van der Waals surface area (Å²) in [7, 11) is 1.66. The summed E-state index contributed by atoms with van der Waals surface area (Å²) in [5, 5.41) is 14.5. The number of nitrogens with one attached hydrogen (secondary N) is 1. The quantitative estimate of drug-likeness (QED) is 0.893. The van der Waals surface area contributed by atoms with E-state index >= 15 is 0 Å². The largest absolute Gasteiger partial charge is 0.496 e. The SMILES string of the molecule is CCNC(C#N)c1ccc(OC)c2ccccc12. The summed E-state index contributed by atoms with van der Waals surface area (Å²) in [4.78, 5) is 0. The molecule has 3 heteroatoms. The Morgan fingerprint density at radius 3 is 2.56 bits per heavy atom. The standard InChI is InChI=1S/C15H16N2O/c1-3-17-14(10-16)12-8-9-15(18-2)13-7-5-4-6-11(12)13/h4-9,14,17H,3H2,1-2H3. The molecule has 1 N–H and O–H groups in total. The molecule has 0 saturated carbocycles. The van der Waals surface area contributed by atoms with Gasteiger partial charge in [0.1, 0.15) is 11.8 Å². The normalized spacial score (nSPS) is 12.1. The lowest BCUT2D eigenvalue weighted by molar-refractivity contribution is 0.419. The Balaban J connectivity index is 2.62. The van der Waals surface area contributed by atoms with Crippen molar-refractivity contribution < 1.29 is 4.74 Å². The lowest BCUT2D eigenvalue weighted by Crippen LogP contribution is -2.19. The van der Waals surface area contributed by atoms with Crippen LogP contribution in [0.1, 0.15) is 18.5 Å². The van der Waals surface area contributed by atoms with Gasteiger partial charge < -0.3 is 4.74 Å². The lowest BCUT2D eigenvalue weighted by atomic mass is 9.98. The topological polar surface area (TPSA) is 45.0 Å². The average Bonchev–Trinajstić information content (AvgIpc) is 2.44. The van der Waals surface area contributed by atoms with E-state index < -0.39 is 0 Å². The van der Waals surface area contributed by atoms with Crippen LogP contribution >= 0.6 is 0 Å². The molecule has 0 aliphatic rings. The van der Waals surface area contributed by atoms with E-state index in [0.29, 0.717) is 0 Å². The van der Waals surface area contributed by atoms with E-state index in [0.717, 1.165) is 28.6 Å². The Labute approximate surface area is 107 Å². The Bertz CT molecular complexity index is 587. The zero-order valence-electron chi connectivity index (χ0n) is 10.6. The average molecular weight is 240 g/mol. The molecule has 0 radical (unpaired) electrons. The van der Waals surface area contributed by atoms with Gasteiger partial charge in [-0.1, -0.05) is 37.3 Å². The monoisotopic (exact) mass is 240 g/mol. The number of nitriles is 1. The summed E-state index contributed by atoms with van der Waals surface area (Å²) in [6.07, 6.45) is 0. The van der Waals surface area contributed by atoms with Crippen molar-refractivity contribution in [3.8, 4) is 11.8 Å². The molecule has 0 aromatic heterocycles. The Kier molecular flexibility index (Phi) is 3.81. The van der Waals surface area contributed by atoms with Crippen molar-refractivity contribution in [2.75, 3.05) is 13.7 Å². The van der Waals surface area contributed by atoms with Crippen LogP contribution in [0.3, 0.4) is 0 Å². The minimum absolute atomic E-state index is 0.286. The third kappa shape index (κ3) is 2.15. The Hall–Kier alpha value is -2.05. The summed E-state index contributed by atoms with van der Waals surface area (Å²) < 4.78 is 5.35. The van der Waals surface area contributed by atoms with Crippen LogP contribution in [0.4, 0.5) is 0 Å². The van der Waals surface area contributed by atoms with Crippen LogP contribution in [0, 0.1) is 11.3 Å². The summed E-state index contributed by atoms with van der Waals surface area (Å²) in [5.74, 6) is 0.836. The summed E-state index contributed by atoms with van der Waals surface area (Å²) in [6.45, 7) is 2.76. The maximum absolute atomic E-state index is 9.25. The first kappa shape index (κ1) is 12.4. The first-order valence-corrected chi connectivity index (χ1v) is 6.00. The van der Waals surface area contributed by atoms with Gasteiger partial charge in [0.15, 0.2) is 0 Å². The highest BCUT2D eigenvalue weighted by molar-refractivity contribution is 5.91. The smallest absolute Gasteiger partial charge is 0.126 e. The van der Waals surface area contributed by atoms with Crippen molar-refractivity contribution in [3.63, 3.8) is 0 Å². The van der Waals surface area contributed by atoms with E-state index in [9.17, 15) is 5.26 Å². The zero-order chi connectivity index (χ0) is 13.0. The van der Waals surface area contributed by atoms with E-state index in [1.54, 1.807) is 7.11 Å². The zero-order valence-corrected chi connectivity index (χ0v) is 10.6. The number of ether oxygens (including phenoxy) is 1. The van der Waals surface area contributed by atoms with Crippen LogP contribution in [-0.2, 0) is 0 Å². The molecule has 1 atom stereocenters. The highest BCUT2D eigenvalue weighted by Crippen LogP contribution is 2.31. The third-order valence-corrected chi connectivity index (χ3v) is 2.99. The molecule has 0 fully saturated rings. The predicted octanol–water partition coefficient (Wildman–Crippen LogP) is 3.02. The summed E-state index contributed by atoms with van der Waals surface area (Å²) in [5.41, 5.74) is 0.996. The van der Waals surface area contributed by atoms with Crippen LogP contribution < -0.4 is 10.1 Å². The fourth-order valence-corrected chi connectivity index (χ4v) is 2.15. The van der Waals surface area contributed by atoms with E-state index in [4.69, 9.17) is 4.74 Å². The number of hydrogen-bond acceptors (Lipinski definition) is 3. The van der Waals surface area contributed by atoms with Gasteiger partial charge in [0, 0.05) is 5.39 Å². The van der Waals surface area contributed by atoms with E-state index in [1.807, 2.05) is 43.3 Å². The van der Waals surface area contributed by atoms with E-state index in [-0.39, 0.29) is 6.04 Å². The van der Waals surface area contributed by atoms with Gasteiger partial charge in [-0.3, -0.25) is 5.32 Å². The number of methoxy groups -OCH3 is 1. The van der Waals surface area contributed by atoms with Gasteiger partial charge in [0.05, 0.1) is 13.2 Å². The van der Waals surface area contributed by atoms with Crippen molar-refractivity contribution in [3.05, 3.63) is 42.0 Å². The second kappa shape index (κ2) is 5.52. The lowest BCUT2D eigenvalue weighted by Gasteiger charge is -2.15. The van der Waals surface area contributed by atoms with Gasteiger partial charge in [-0.25, -0.2) is 0 Å². The molecule has 18 heavy (non-hydrogen) atoms. The van der Waals surface area contributed by atoms with Gasteiger partial charge in [-0.05, 0) is 23.6 Å². The maximum Gasteiger partial charge on any atom is 0.126 e. The van der Waals surface area contributed by atoms with Gasteiger partial charge in [0.2, 0.25) is 0 Å². The molecule has 0 spiro atoms. The van der Waals surface area contributed by atoms with Gasteiger partial charge in [0.25, 0.3) is 0 Å². The molecule has 0 heterocycles. The number of nitrogens with zero attached hydrogens (tertiary/aromatic N) is 1. The first-order valence-electron chi connectivity index (χ1n) is 6.00. The summed E-state index contributed by atoms with van der Waals surface area (Å²) in [6, 6.07) is 13.9. The first-order chi connectivity index (χ1) is 8.81. The fourth-order valence-electron chi connectivity index (χ4n) is 2.15. The van der Waals surface area contributed by atoms with Crippen molar-refractivity contribution in [2.45, 2.75) is 13.0 Å². The molecular formula is C15H16N2O. The molecule has 3 nitrogen and oxygen atoms in total. The number of hydrogen-bond donors (Lipinski definition) is 1. The third-order valence-electron chi connectivity index (χ3n) is 2.99. The second-order valence-corrected chi connectivity index (χ2v) is 4.02. The molecule has 0 amide bonds. The Morgan fingerprint density at radius 1 is 1.22 bits per heavy atom. The van der Waals surface area contributed by atoms with Crippen LogP contribution in [0.5, 0.6) is 5.75 Å². The van der Waals surface area contributed by atoms with Crippen LogP contribution in [0.15, 0.2) is 36.4 Å². The van der Waals surface area contributed by atoms with Crippen LogP contribution in [0.2, 0.25) is 0 Å². The van der Waals surface area contributed by atoms with Crippen molar-refractivity contribution in [1.82, 2.24) is 5.32 Å². The molecular weight excluding hydrogens is 224 g/mol. The highest BCUT2D eigenvalue weighted by atomic mass is 16.5. The van der Waals surface area contributed by atoms with Crippen molar-refractivity contribution >= 4 is 10.8 Å². The van der Waals surface area contributed by atoms with Crippen molar-refractivity contribution in [1.29, 1.82) is 5.26 Å². The fraction of sp³-hybridized carbons (Fsp3) is 0.267. The molecule has 0 aliphatic carbocycles. The van der Waals surface area contributed by atoms with E-state index in [2.05, 4.69) is 11.4 Å². The number of rotatable bonds is 4. The predicted molar refractivity (Wildman–Crippen MR) is 72.5 cm³/mol. The minimum Gasteiger partial charge on any atom is -0.496 e. The second-order valence-electron chi connectivity index (χ2n) is 4.02. The van der Waals surface area contributed by atoms with Gasteiger partial charge >= 0.3 is 0 Å². The highest BCUT2D eigenvalue weighted by Gasteiger charge is 2.14.